The summed E-state index contributed by atoms with van der Waals surface area (Å²) < 4.78 is 0. The molecule has 1 aliphatic rings. The van der Waals surface area contributed by atoms with Crippen LogP contribution in [0, 0.1) is 11.3 Å². The Labute approximate surface area is 81.7 Å². The van der Waals surface area contributed by atoms with Gasteiger partial charge in [-0.2, -0.15) is 5.26 Å². The first-order valence-electron chi connectivity index (χ1n) is 4.30. The van der Waals surface area contributed by atoms with Gasteiger partial charge in [0.25, 0.3) is 0 Å². The molecule has 0 bridgehead atoms. The van der Waals surface area contributed by atoms with Crippen LogP contribution in [-0.2, 0) is 0 Å². The zero-order valence-electron chi connectivity index (χ0n) is 7.46. The van der Waals surface area contributed by atoms with Crippen molar-refractivity contribution in [2.75, 3.05) is 4.90 Å². The first-order valence-corrected chi connectivity index (χ1v) is 4.30. The molecule has 1 unspecified atom stereocenters. The fourth-order valence-electron chi connectivity index (χ4n) is 1.37. The van der Waals surface area contributed by atoms with Crippen LogP contribution in [0.25, 0.3) is 0 Å². The average Bonchev–Trinajstić information content (AvgIpc) is 2.65. The third-order valence-corrected chi connectivity index (χ3v) is 2.09. The number of aliphatic hydroxyl groups excluding tert-OH is 1. The molecule has 1 atom stereocenters. The molecule has 0 aliphatic carbocycles. The van der Waals surface area contributed by atoms with E-state index in [1.807, 2.05) is 18.3 Å². The predicted octanol–water partition coefficient (Wildman–Crippen LogP) is 0.995. The third-order valence-electron chi connectivity index (χ3n) is 2.09. The smallest absolute Gasteiger partial charge is 0.140 e. The van der Waals surface area contributed by atoms with Crippen molar-refractivity contribution in [2.45, 2.75) is 12.6 Å². The first-order chi connectivity index (χ1) is 6.81. The average molecular weight is 187 g/mol. The van der Waals surface area contributed by atoms with Crippen molar-refractivity contribution < 1.29 is 5.11 Å². The van der Waals surface area contributed by atoms with Crippen LogP contribution in [0.5, 0.6) is 0 Å². The lowest BCUT2D eigenvalue weighted by molar-refractivity contribution is 0.191. The van der Waals surface area contributed by atoms with Crippen LogP contribution >= 0.6 is 0 Å². The summed E-state index contributed by atoms with van der Waals surface area (Å²) in [6.07, 6.45) is 5.40. The molecule has 0 spiro atoms. The Morgan fingerprint density at radius 1 is 1.57 bits per heavy atom. The van der Waals surface area contributed by atoms with E-state index in [4.69, 9.17) is 5.26 Å². The highest BCUT2D eigenvalue weighted by atomic mass is 16.3. The second-order valence-corrected chi connectivity index (χ2v) is 3.02. The highest BCUT2D eigenvalue weighted by molar-refractivity contribution is 5.50. The van der Waals surface area contributed by atoms with Crippen molar-refractivity contribution >= 4 is 5.69 Å². The van der Waals surface area contributed by atoms with E-state index in [-0.39, 0.29) is 0 Å². The summed E-state index contributed by atoms with van der Waals surface area (Å²) in [5.74, 6) is 0. The molecule has 1 aromatic rings. The Bertz CT molecular complexity index is 391. The topological polar surface area (TPSA) is 60.2 Å². The van der Waals surface area contributed by atoms with Gasteiger partial charge >= 0.3 is 0 Å². The number of anilines is 1. The number of nitrogens with zero attached hydrogens (tertiary/aromatic N) is 3. The SMILES string of the molecule is N#Cc1ccc(N2C=CCC2O)cn1. The molecule has 0 fully saturated rings. The fourth-order valence-corrected chi connectivity index (χ4v) is 1.37. The van der Waals surface area contributed by atoms with Crippen LogP contribution in [0.1, 0.15) is 12.1 Å². The summed E-state index contributed by atoms with van der Waals surface area (Å²) in [6.45, 7) is 0. The molecule has 1 N–H and O–H groups in total. The maximum absolute atomic E-state index is 9.54. The minimum absolute atomic E-state index is 0.381. The lowest BCUT2D eigenvalue weighted by Gasteiger charge is -2.20. The molecule has 0 saturated heterocycles. The van der Waals surface area contributed by atoms with Crippen LogP contribution in [0.3, 0.4) is 0 Å². The Balaban J connectivity index is 2.25. The maximum Gasteiger partial charge on any atom is 0.140 e. The van der Waals surface area contributed by atoms with Crippen molar-refractivity contribution in [3.05, 3.63) is 36.3 Å². The normalized spacial score (nSPS) is 19.7. The van der Waals surface area contributed by atoms with Crippen LogP contribution < -0.4 is 4.90 Å². The first kappa shape index (κ1) is 8.73. The van der Waals surface area contributed by atoms with Crippen molar-refractivity contribution in [3.8, 4) is 6.07 Å². The lowest BCUT2D eigenvalue weighted by atomic mass is 10.3. The summed E-state index contributed by atoms with van der Waals surface area (Å²) in [6, 6.07) is 5.35. The molecule has 14 heavy (non-hydrogen) atoms. The molecule has 70 valence electrons. The number of hydrogen-bond acceptors (Lipinski definition) is 4. The summed E-state index contributed by atoms with van der Waals surface area (Å²) >= 11 is 0. The minimum Gasteiger partial charge on any atom is -0.373 e. The number of rotatable bonds is 1. The summed E-state index contributed by atoms with van der Waals surface area (Å²) in [4.78, 5) is 5.64. The van der Waals surface area contributed by atoms with Gasteiger partial charge in [0.15, 0.2) is 0 Å². The Morgan fingerprint density at radius 3 is 2.93 bits per heavy atom. The van der Waals surface area contributed by atoms with Gasteiger partial charge in [0, 0.05) is 12.6 Å². The van der Waals surface area contributed by atoms with Crippen molar-refractivity contribution in [3.63, 3.8) is 0 Å². The van der Waals surface area contributed by atoms with Gasteiger partial charge < -0.3 is 10.0 Å². The van der Waals surface area contributed by atoms with Crippen molar-refractivity contribution in [1.82, 2.24) is 4.98 Å². The van der Waals surface area contributed by atoms with Crippen molar-refractivity contribution in [1.29, 1.82) is 5.26 Å². The Hall–Kier alpha value is -1.86. The molecule has 4 heteroatoms. The maximum atomic E-state index is 9.54. The Kier molecular flexibility index (Phi) is 2.17. The van der Waals surface area contributed by atoms with E-state index in [0.717, 1.165) is 5.69 Å². The standard InChI is InChI=1S/C10H9N3O/c11-6-8-3-4-9(7-12-8)13-5-1-2-10(13)14/h1,3-5,7,10,14H,2H2. The zero-order valence-corrected chi connectivity index (χ0v) is 7.46. The van der Waals surface area contributed by atoms with E-state index in [1.165, 1.54) is 0 Å². The molecule has 0 saturated carbocycles. The zero-order chi connectivity index (χ0) is 9.97. The van der Waals surface area contributed by atoms with Gasteiger partial charge in [-0.15, -0.1) is 0 Å². The van der Waals surface area contributed by atoms with E-state index in [2.05, 4.69) is 4.98 Å². The lowest BCUT2D eigenvalue weighted by Crippen LogP contribution is -2.25. The highest BCUT2D eigenvalue weighted by Crippen LogP contribution is 2.21. The molecule has 2 heterocycles. The van der Waals surface area contributed by atoms with Crippen molar-refractivity contribution in [2.24, 2.45) is 0 Å². The molecule has 2 rings (SSSR count). The van der Waals surface area contributed by atoms with E-state index in [9.17, 15) is 5.11 Å². The largest absolute Gasteiger partial charge is 0.373 e. The predicted molar refractivity (Wildman–Crippen MR) is 51.2 cm³/mol. The molecule has 0 amide bonds. The van der Waals surface area contributed by atoms with E-state index < -0.39 is 6.23 Å². The van der Waals surface area contributed by atoms with Gasteiger partial charge in [0.2, 0.25) is 0 Å². The van der Waals surface area contributed by atoms with Gasteiger partial charge in [-0.25, -0.2) is 4.98 Å². The second kappa shape index (κ2) is 3.48. The second-order valence-electron chi connectivity index (χ2n) is 3.02. The van der Waals surface area contributed by atoms with Gasteiger partial charge in [-0.1, -0.05) is 6.08 Å². The van der Waals surface area contributed by atoms with Crippen LogP contribution in [-0.4, -0.2) is 16.3 Å². The molecular formula is C10H9N3O. The molecule has 0 radical (unpaired) electrons. The van der Waals surface area contributed by atoms with Gasteiger partial charge in [-0.05, 0) is 12.1 Å². The monoisotopic (exact) mass is 187 g/mol. The molecule has 1 aromatic heterocycles. The van der Waals surface area contributed by atoms with Crippen LogP contribution in [0.4, 0.5) is 5.69 Å². The van der Waals surface area contributed by atoms with E-state index >= 15 is 0 Å². The number of aliphatic hydroxyl groups is 1. The highest BCUT2D eigenvalue weighted by Gasteiger charge is 2.17. The van der Waals surface area contributed by atoms with E-state index in [0.29, 0.717) is 12.1 Å². The van der Waals surface area contributed by atoms with Crippen LogP contribution in [0.15, 0.2) is 30.6 Å². The number of hydrogen-bond donors (Lipinski definition) is 1. The molecular weight excluding hydrogens is 178 g/mol. The summed E-state index contributed by atoms with van der Waals surface area (Å²) in [5.41, 5.74) is 1.18. The Morgan fingerprint density at radius 2 is 2.43 bits per heavy atom. The minimum atomic E-state index is -0.510. The number of aromatic nitrogens is 1. The molecule has 1 aliphatic heterocycles. The number of nitriles is 1. The van der Waals surface area contributed by atoms with Gasteiger partial charge in [0.05, 0.1) is 11.9 Å². The fraction of sp³-hybridized carbons (Fsp3) is 0.200. The molecule has 4 nitrogen and oxygen atoms in total. The number of pyridine rings is 1. The summed E-state index contributed by atoms with van der Waals surface area (Å²) in [7, 11) is 0. The van der Waals surface area contributed by atoms with Crippen LogP contribution in [0.2, 0.25) is 0 Å². The van der Waals surface area contributed by atoms with E-state index in [1.54, 1.807) is 23.2 Å². The quantitative estimate of drug-likeness (QED) is 0.712. The van der Waals surface area contributed by atoms with Gasteiger partial charge in [-0.3, -0.25) is 0 Å². The third kappa shape index (κ3) is 1.45. The summed E-state index contributed by atoms with van der Waals surface area (Å²) in [5, 5.41) is 18.1. The molecule has 0 aromatic carbocycles. The van der Waals surface area contributed by atoms with Gasteiger partial charge in [0.1, 0.15) is 18.0 Å².